The summed E-state index contributed by atoms with van der Waals surface area (Å²) >= 11 is 0. The summed E-state index contributed by atoms with van der Waals surface area (Å²) in [5.74, 6) is 2.47. The Balaban J connectivity index is 1.40. The summed E-state index contributed by atoms with van der Waals surface area (Å²) in [5, 5.41) is 16.6. The zero-order valence-corrected chi connectivity index (χ0v) is 16.3. The summed E-state index contributed by atoms with van der Waals surface area (Å²) in [4.78, 5) is 16.3. The molecule has 4 heterocycles. The fourth-order valence-electron chi connectivity index (χ4n) is 4.16. The molecule has 1 atom stereocenters. The minimum Gasteiger partial charge on any atom is -0.361 e. The van der Waals surface area contributed by atoms with E-state index in [1.54, 1.807) is 0 Å². The van der Waals surface area contributed by atoms with E-state index in [0.717, 1.165) is 69.0 Å². The Morgan fingerprint density at radius 1 is 1.15 bits per heavy atom. The van der Waals surface area contributed by atoms with E-state index < -0.39 is 0 Å². The molecule has 2 fully saturated rings. The van der Waals surface area contributed by atoms with Gasteiger partial charge in [0.15, 0.2) is 11.5 Å². The van der Waals surface area contributed by atoms with Crippen LogP contribution in [0.1, 0.15) is 50.3 Å². The Bertz CT molecular complexity index is 794. The van der Waals surface area contributed by atoms with Crippen LogP contribution in [0.25, 0.3) is 5.65 Å². The van der Waals surface area contributed by atoms with Crippen molar-refractivity contribution >= 4 is 17.4 Å². The highest BCUT2D eigenvalue weighted by molar-refractivity contribution is 5.76. The number of likely N-dealkylation sites (tertiary alicyclic amines) is 1. The fourth-order valence-corrected chi connectivity index (χ4v) is 4.16. The number of piperidine rings is 1. The number of carbonyl (C=O) groups excluding carboxylic acids is 1. The van der Waals surface area contributed by atoms with Crippen molar-refractivity contribution in [3.05, 3.63) is 18.0 Å². The number of anilines is 1. The molecular formula is C19H29N7O. The van der Waals surface area contributed by atoms with E-state index in [1.165, 1.54) is 0 Å². The van der Waals surface area contributed by atoms with Gasteiger partial charge in [0, 0.05) is 39.0 Å². The van der Waals surface area contributed by atoms with E-state index in [4.69, 9.17) is 5.10 Å². The average molecular weight is 371 g/mol. The van der Waals surface area contributed by atoms with Gasteiger partial charge >= 0.3 is 0 Å². The topological polar surface area (TPSA) is 78.7 Å². The van der Waals surface area contributed by atoms with Gasteiger partial charge < -0.3 is 15.1 Å². The third-order valence-corrected chi connectivity index (χ3v) is 5.73. The Kier molecular flexibility index (Phi) is 5.24. The molecule has 2 aliphatic rings. The molecule has 0 saturated carbocycles. The van der Waals surface area contributed by atoms with Crippen LogP contribution < -0.4 is 10.2 Å². The van der Waals surface area contributed by atoms with Crippen LogP contribution in [0.15, 0.2) is 12.1 Å². The van der Waals surface area contributed by atoms with E-state index in [2.05, 4.69) is 20.4 Å². The first-order valence-electron chi connectivity index (χ1n) is 10.0. The van der Waals surface area contributed by atoms with Gasteiger partial charge in [0.1, 0.15) is 5.82 Å². The molecule has 8 heteroatoms. The predicted molar refractivity (Wildman–Crippen MR) is 104 cm³/mol. The molecule has 2 aromatic heterocycles. The number of carbonyl (C=O) groups is 1. The van der Waals surface area contributed by atoms with Gasteiger partial charge in [-0.15, -0.1) is 15.3 Å². The summed E-state index contributed by atoms with van der Waals surface area (Å²) in [6.45, 7) is 3.01. The number of hydrogen-bond acceptors (Lipinski definition) is 6. The highest BCUT2D eigenvalue weighted by Gasteiger charge is 2.27. The van der Waals surface area contributed by atoms with Crippen molar-refractivity contribution in [2.75, 3.05) is 38.6 Å². The normalized spacial score (nSPS) is 22.6. The molecule has 0 aliphatic carbocycles. The molecule has 0 aromatic carbocycles. The molecule has 2 aromatic rings. The van der Waals surface area contributed by atoms with Gasteiger partial charge in [-0.25, -0.2) is 0 Å². The van der Waals surface area contributed by atoms with E-state index in [0.29, 0.717) is 18.4 Å². The van der Waals surface area contributed by atoms with Gasteiger partial charge in [-0.2, -0.15) is 4.52 Å². The molecule has 1 unspecified atom stereocenters. The van der Waals surface area contributed by atoms with E-state index in [1.807, 2.05) is 35.6 Å². The summed E-state index contributed by atoms with van der Waals surface area (Å²) in [5.41, 5.74) is 0.805. The summed E-state index contributed by atoms with van der Waals surface area (Å²) in [7, 11) is 3.98. The minimum absolute atomic E-state index is 0.213. The van der Waals surface area contributed by atoms with E-state index in [9.17, 15) is 4.79 Å². The molecule has 1 N–H and O–H groups in total. The van der Waals surface area contributed by atoms with Gasteiger partial charge in [0.25, 0.3) is 0 Å². The quantitative estimate of drug-likeness (QED) is 0.876. The Hall–Kier alpha value is -2.22. The van der Waals surface area contributed by atoms with E-state index in [-0.39, 0.29) is 5.91 Å². The highest BCUT2D eigenvalue weighted by Crippen LogP contribution is 2.27. The van der Waals surface area contributed by atoms with Crippen LogP contribution >= 0.6 is 0 Å². The number of hydrogen-bond donors (Lipinski definition) is 1. The first kappa shape index (κ1) is 18.2. The number of aromatic nitrogens is 4. The van der Waals surface area contributed by atoms with Gasteiger partial charge in [-0.05, 0) is 50.9 Å². The monoisotopic (exact) mass is 371 g/mol. The van der Waals surface area contributed by atoms with Crippen LogP contribution in [0.2, 0.25) is 0 Å². The number of rotatable bonds is 4. The maximum absolute atomic E-state index is 11.8. The second-order valence-corrected chi connectivity index (χ2v) is 8.00. The molecule has 0 radical (unpaired) electrons. The first-order chi connectivity index (χ1) is 13.1. The van der Waals surface area contributed by atoms with Crippen LogP contribution in [-0.2, 0) is 4.79 Å². The number of amides is 1. The number of nitrogens with zero attached hydrogens (tertiary/aromatic N) is 6. The standard InChI is InChI=1S/C19H29N7O/c1-24(2)17-8-7-16-21-22-19(26(16)23-17)14-9-11-25(12-10-14)13-15-5-3-4-6-18(27)20-15/h7-8,14-15H,3-6,9-13H2,1-2H3,(H,20,27). The number of fused-ring (bicyclic) bond motifs is 1. The lowest BCUT2D eigenvalue weighted by Gasteiger charge is -2.33. The van der Waals surface area contributed by atoms with Gasteiger partial charge in [0.2, 0.25) is 5.91 Å². The maximum Gasteiger partial charge on any atom is 0.220 e. The number of nitrogens with one attached hydrogen (secondary N) is 1. The largest absolute Gasteiger partial charge is 0.361 e. The maximum atomic E-state index is 11.8. The Labute approximate surface area is 159 Å². The van der Waals surface area contributed by atoms with Crippen LogP contribution in [0.4, 0.5) is 5.82 Å². The molecule has 0 spiro atoms. The molecule has 1 amide bonds. The average Bonchev–Trinajstić information content (AvgIpc) is 2.98. The van der Waals surface area contributed by atoms with Crippen LogP contribution in [-0.4, -0.2) is 70.4 Å². The third-order valence-electron chi connectivity index (χ3n) is 5.73. The molecule has 27 heavy (non-hydrogen) atoms. The summed E-state index contributed by atoms with van der Waals surface area (Å²) < 4.78 is 1.90. The Morgan fingerprint density at radius 2 is 1.96 bits per heavy atom. The Morgan fingerprint density at radius 3 is 2.74 bits per heavy atom. The summed E-state index contributed by atoms with van der Waals surface area (Å²) in [6.07, 6.45) is 6.04. The van der Waals surface area contributed by atoms with Crippen LogP contribution in [0, 0.1) is 0 Å². The second kappa shape index (κ2) is 7.80. The SMILES string of the molecule is CN(C)c1ccc2nnc(C3CCN(CC4CCCCC(=O)N4)CC3)n2n1. The predicted octanol–water partition coefficient (Wildman–Crippen LogP) is 1.43. The van der Waals surface area contributed by atoms with Gasteiger partial charge in [-0.3, -0.25) is 4.79 Å². The second-order valence-electron chi connectivity index (χ2n) is 8.00. The zero-order chi connectivity index (χ0) is 18.8. The molecule has 146 valence electrons. The molecule has 8 nitrogen and oxygen atoms in total. The van der Waals surface area contributed by atoms with Crippen molar-refractivity contribution in [2.45, 2.75) is 50.5 Å². The van der Waals surface area contributed by atoms with Crippen molar-refractivity contribution in [3.63, 3.8) is 0 Å². The van der Waals surface area contributed by atoms with Gasteiger partial charge in [-0.1, -0.05) is 6.42 Å². The lowest BCUT2D eigenvalue weighted by atomic mass is 9.95. The van der Waals surface area contributed by atoms with Crippen LogP contribution in [0.3, 0.4) is 0 Å². The molecule has 2 aliphatic heterocycles. The lowest BCUT2D eigenvalue weighted by molar-refractivity contribution is -0.121. The molecular weight excluding hydrogens is 342 g/mol. The third kappa shape index (κ3) is 4.05. The fraction of sp³-hybridized carbons (Fsp3) is 0.684. The summed E-state index contributed by atoms with van der Waals surface area (Å²) in [6, 6.07) is 4.25. The smallest absolute Gasteiger partial charge is 0.220 e. The van der Waals surface area contributed by atoms with E-state index >= 15 is 0 Å². The van der Waals surface area contributed by atoms with Crippen molar-refractivity contribution < 1.29 is 4.79 Å². The van der Waals surface area contributed by atoms with Crippen molar-refractivity contribution in [3.8, 4) is 0 Å². The highest BCUT2D eigenvalue weighted by atomic mass is 16.1. The first-order valence-corrected chi connectivity index (χ1v) is 10.0. The molecule has 0 bridgehead atoms. The van der Waals surface area contributed by atoms with Crippen molar-refractivity contribution in [2.24, 2.45) is 0 Å². The lowest BCUT2D eigenvalue weighted by Crippen LogP contribution is -2.45. The van der Waals surface area contributed by atoms with Crippen LogP contribution in [0.5, 0.6) is 0 Å². The van der Waals surface area contributed by atoms with Crippen molar-refractivity contribution in [1.29, 1.82) is 0 Å². The molecule has 2 saturated heterocycles. The molecule has 4 rings (SSSR count). The minimum atomic E-state index is 0.213. The van der Waals surface area contributed by atoms with Gasteiger partial charge in [0.05, 0.1) is 0 Å². The van der Waals surface area contributed by atoms with Crippen molar-refractivity contribution in [1.82, 2.24) is 30.0 Å². The zero-order valence-electron chi connectivity index (χ0n) is 16.3.